The number of ether oxygens (including phenoxy) is 1. The summed E-state index contributed by atoms with van der Waals surface area (Å²) in [6.07, 6.45) is 1.60. The molecule has 7 nitrogen and oxygen atoms in total. The number of aliphatic hydroxyl groups is 1. The number of nitrogens with zero attached hydrogens (tertiary/aromatic N) is 2. The summed E-state index contributed by atoms with van der Waals surface area (Å²) in [6.45, 7) is 3.71. The number of benzene rings is 2. The molecule has 2 aliphatic heterocycles. The zero-order valence-corrected chi connectivity index (χ0v) is 17.7. The summed E-state index contributed by atoms with van der Waals surface area (Å²) in [5, 5.41) is 20.9. The summed E-state index contributed by atoms with van der Waals surface area (Å²) in [5.41, 5.74) is 1.99. The molecule has 0 radical (unpaired) electrons. The van der Waals surface area contributed by atoms with Gasteiger partial charge in [0, 0.05) is 19.2 Å². The second-order valence-corrected chi connectivity index (χ2v) is 7.89. The van der Waals surface area contributed by atoms with Crippen molar-refractivity contribution in [1.29, 1.82) is 0 Å². The third kappa shape index (κ3) is 3.71. The number of amides is 1. The summed E-state index contributed by atoms with van der Waals surface area (Å²) in [5.74, 6) is -0.728. The van der Waals surface area contributed by atoms with Crippen LogP contribution >= 0.6 is 0 Å². The number of likely N-dealkylation sites (N-methyl/N-ethyl adjacent to an activating group) is 1. The lowest BCUT2D eigenvalue weighted by atomic mass is 9.95. The lowest BCUT2D eigenvalue weighted by Gasteiger charge is -2.28. The van der Waals surface area contributed by atoms with Crippen molar-refractivity contribution in [3.05, 3.63) is 59.2 Å². The summed E-state index contributed by atoms with van der Waals surface area (Å²) >= 11 is 0. The minimum absolute atomic E-state index is 0.0612. The van der Waals surface area contributed by atoms with Gasteiger partial charge >= 0.3 is 0 Å². The molecule has 1 amide bonds. The predicted molar refractivity (Wildman–Crippen MR) is 117 cm³/mol. The van der Waals surface area contributed by atoms with Crippen molar-refractivity contribution in [2.24, 2.45) is 0 Å². The Morgan fingerprint density at radius 1 is 1.16 bits per heavy atom. The third-order valence-electron chi connectivity index (χ3n) is 5.83. The van der Waals surface area contributed by atoms with Gasteiger partial charge in [-0.05, 0) is 42.3 Å². The van der Waals surface area contributed by atoms with E-state index in [0.29, 0.717) is 36.6 Å². The Morgan fingerprint density at radius 2 is 1.90 bits per heavy atom. The number of anilines is 1. The molecular formula is C24H26N2O5. The molecular weight excluding hydrogens is 396 g/mol. The number of phenolic OH excluding ortho intramolecular Hbond substituents is 1. The van der Waals surface area contributed by atoms with Gasteiger partial charge in [0.25, 0.3) is 11.7 Å². The number of Topliss-reactive ketones (excluding diaryl/α,β-unsaturated/α-hetero) is 1. The highest BCUT2D eigenvalue weighted by Crippen LogP contribution is 2.41. The molecule has 2 aromatic rings. The van der Waals surface area contributed by atoms with Gasteiger partial charge < -0.3 is 24.7 Å². The van der Waals surface area contributed by atoms with Gasteiger partial charge in [-0.15, -0.1) is 0 Å². The van der Waals surface area contributed by atoms with E-state index in [1.165, 1.54) is 17.0 Å². The molecule has 1 saturated heterocycles. The fourth-order valence-electron chi connectivity index (χ4n) is 4.10. The number of phenols is 1. The highest BCUT2D eigenvalue weighted by molar-refractivity contribution is 6.46. The normalized spacial score (nSPS) is 20.0. The molecule has 1 atom stereocenters. The van der Waals surface area contributed by atoms with Gasteiger partial charge in [0.15, 0.2) is 0 Å². The molecule has 0 spiro atoms. The second-order valence-electron chi connectivity index (χ2n) is 7.89. The Bertz CT molecular complexity index is 1040. The first-order valence-corrected chi connectivity index (χ1v) is 10.5. The monoisotopic (exact) mass is 422 g/mol. The number of ketones is 1. The molecule has 2 aliphatic rings. The lowest BCUT2D eigenvalue weighted by Crippen LogP contribution is -2.30. The number of aliphatic hydroxyl groups excluding tert-OH is 1. The highest BCUT2D eigenvalue weighted by atomic mass is 16.5. The largest absolute Gasteiger partial charge is 0.508 e. The number of likely N-dealkylation sites (tertiary alicyclic amines) is 1. The Balaban J connectivity index is 1.84. The van der Waals surface area contributed by atoms with Gasteiger partial charge in [-0.1, -0.05) is 25.5 Å². The van der Waals surface area contributed by atoms with Gasteiger partial charge in [0.05, 0.1) is 23.8 Å². The molecule has 162 valence electrons. The smallest absolute Gasteiger partial charge is 0.295 e. The van der Waals surface area contributed by atoms with Crippen LogP contribution in [0.5, 0.6) is 11.5 Å². The average molecular weight is 422 g/mol. The number of fused-ring (bicyclic) bond motifs is 1. The number of hydrogen-bond donors (Lipinski definition) is 2. The van der Waals surface area contributed by atoms with Crippen LogP contribution in [-0.4, -0.2) is 53.5 Å². The fraction of sp³-hybridized carbons (Fsp3) is 0.333. The number of carbonyl (C=O) groups is 2. The molecule has 4 rings (SSSR count). The minimum atomic E-state index is -0.711. The first kappa shape index (κ1) is 20.8. The second kappa shape index (κ2) is 8.34. The van der Waals surface area contributed by atoms with Gasteiger partial charge in [-0.3, -0.25) is 9.59 Å². The Hall–Kier alpha value is -3.48. The van der Waals surface area contributed by atoms with Gasteiger partial charge in [0.2, 0.25) is 0 Å². The third-order valence-corrected chi connectivity index (χ3v) is 5.83. The van der Waals surface area contributed by atoms with Crippen molar-refractivity contribution >= 4 is 23.1 Å². The van der Waals surface area contributed by atoms with Crippen LogP contribution in [0.25, 0.3) is 5.76 Å². The number of hydrogen-bond acceptors (Lipinski definition) is 6. The van der Waals surface area contributed by atoms with Gasteiger partial charge in [-0.2, -0.15) is 0 Å². The zero-order chi connectivity index (χ0) is 22.1. The first-order chi connectivity index (χ1) is 14.9. The first-order valence-electron chi connectivity index (χ1n) is 10.5. The Kier molecular flexibility index (Phi) is 5.59. The molecule has 7 heteroatoms. The van der Waals surface area contributed by atoms with Crippen LogP contribution in [0.15, 0.2) is 48.0 Å². The van der Waals surface area contributed by atoms with Crippen LogP contribution in [0.4, 0.5) is 5.69 Å². The van der Waals surface area contributed by atoms with Crippen LogP contribution in [0.3, 0.4) is 0 Å². The molecule has 31 heavy (non-hydrogen) atoms. The van der Waals surface area contributed by atoms with Crippen LogP contribution in [-0.2, 0) is 9.59 Å². The molecule has 0 saturated carbocycles. The van der Waals surface area contributed by atoms with Crippen molar-refractivity contribution in [2.45, 2.75) is 25.8 Å². The van der Waals surface area contributed by atoms with E-state index in [2.05, 4.69) is 0 Å². The molecule has 0 bridgehead atoms. The van der Waals surface area contributed by atoms with E-state index >= 15 is 0 Å². The number of aromatic hydroxyl groups is 1. The molecule has 2 heterocycles. The molecule has 0 aliphatic carbocycles. The van der Waals surface area contributed by atoms with Gasteiger partial charge in [-0.25, -0.2) is 0 Å². The van der Waals surface area contributed by atoms with E-state index in [4.69, 9.17) is 4.74 Å². The molecule has 2 N–H and O–H groups in total. The van der Waals surface area contributed by atoms with E-state index in [0.717, 1.165) is 18.5 Å². The topological polar surface area (TPSA) is 90.3 Å². The zero-order valence-electron chi connectivity index (χ0n) is 17.7. The van der Waals surface area contributed by atoms with Crippen molar-refractivity contribution in [1.82, 2.24) is 4.90 Å². The van der Waals surface area contributed by atoms with E-state index in [1.54, 1.807) is 30.3 Å². The number of unbranched alkanes of at least 4 members (excludes halogenated alkanes) is 1. The molecule has 0 aromatic heterocycles. The number of rotatable bonds is 5. The van der Waals surface area contributed by atoms with E-state index < -0.39 is 17.7 Å². The SMILES string of the molecule is CCCCN1C(=O)C(=O)/C(=C(\O)c2ccc3c(c2)N(C)CCO3)C1c1ccc(O)cc1. The van der Waals surface area contributed by atoms with E-state index in [1.807, 2.05) is 18.9 Å². The molecule has 2 aromatic carbocycles. The predicted octanol–water partition coefficient (Wildman–Crippen LogP) is 3.44. The number of carbonyl (C=O) groups excluding carboxylic acids is 2. The summed E-state index contributed by atoms with van der Waals surface area (Å²) in [6, 6.07) is 10.9. The standard InChI is InChI=1S/C24H26N2O5/c1-3-4-11-26-21(15-5-8-17(27)9-6-15)20(23(29)24(26)30)22(28)16-7-10-19-18(14-16)25(2)12-13-31-19/h5-10,14,21,27-28H,3-4,11-13H2,1-2H3/b22-20-. The van der Waals surface area contributed by atoms with Crippen LogP contribution in [0.2, 0.25) is 0 Å². The van der Waals surface area contributed by atoms with Crippen molar-refractivity contribution in [2.75, 3.05) is 31.6 Å². The van der Waals surface area contributed by atoms with Crippen LogP contribution < -0.4 is 9.64 Å². The minimum Gasteiger partial charge on any atom is -0.508 e. The van der Waals surface area contributed by atoms with Crippen molar-refractivity contribution in [3.63, 3.8) is 0 Å². The quantitative estimate of drug-likeness (QED) is 0.436. The van der Waals surface area contributed by atoms with Crippen LogP contribution in [0, 0.1) is 0 Å². The molecule has 1 fully saturated rings. The highest BCUT2D eigenvalue weighted by Gasteiger charge is 2.45. The van der Waals surface area contributed by atoms with Crippen LogP contribution in [0.1, 0.15) is 36.9 Å². The average Bonchev–Trinajstić information content (AvgIpc) is 3.02. The fourth-order valence-corrected chi connectivity index (χ4v) is 4.10. The van der Waals surface area contributed by atoms with Crippen molar-refractivity contribution < 1.29 is 24.5 Å². The Labute approximate surface area is 181 Å². The van der Waals surface area contributed by atoms with Crippen molar-refractivity contribution in [3.8, 4) is 11.5 Å². The summed E-state index contributed by atoms with van der Waals surface area (Å²) < 4.78 is 5.66. The van der Waals surface area contributed by atoms with E-state index in [9.17, 15) is 19.8 Å². The molecule has 1 unspecified atom stereocenters. The maximum atomic E-state index is 13.0. The van der Waals surface area contributed by atoms with E-state index in [-0.39, 0.29) is 17.1 Å². The Morgan fingerprint density at radius 3 is 2.61 bits per heavy atom. The summed E-state index contributed by atoms with van der Waals surface area (Å²) in [4.78, 5) is 29.4. The summed E-state index contributed by atoms with van der Waals surface area (Å²) in [7, 11) is 1.94. The maximum Gasteiger partial charge on any atom is 0.295 e. The maximum absolute atomic E-state index is 13.0. The van der Waals surface area contributed by atoms with Gasteiger partial charge in [0.1, 0.15) is 23.9 Å². The lowest BCUT2D eigenvalue weighted by molar-refractivity contribution is -0.139.